The third-order valence-electron chi connectivity index (χ3n) is 2.09. The van der Waals surface area contributed by atoms with E-state index in [1.165, 1.54) is 0 Å². The summed E-state index contributed by atoms with van der Waals surface area (Å²) in [6.45, 7) is 0.967. The van der Waals surface area contributed by atoms with E-state index in [0.29, 0.717) is 0 Å². The Labute approximate surface area is 73.6 Å². The molecule has 1 aliphatic rings. The van der Waals surface area contributed by atoms with Crippen LogP contribution in [0.1, 0.15) is 6.42 Å². The minimum atomic E-state index is 0.109. The molecule has 68 valence electrons. The highest BCUT2D eigenvalue weighted by Crippen LogP contribution is 2.15. The van der Waals surface area contributed by atoms with E-state index in [1.54, 1.807) is 11.9 Å². The second-order valence-corrected chi connectivity index (χ2v) is 3.49. The number of hydrogen-bond donors (Lipinski definition) is 0. The SMILES string of the molecule is CN(C)CCC1C=CN(C)C1=O. The molecule has 3 heteroatoms. The highest BCUT2D eigenvalue weighted by atomic mass is 16.2. The molecule has 1 heterocycles. The van der Waals surface area contributed by atoms with Gasteiger partial charge in [-0.15, -0.1) is 0 Å². The molecule has 0 bridgehead atoms. The Morgan fingerprint density at radius 2 is 2.25 bits per heavy atom. The Balaban J connectivity index is 2.35. The fourth-order valence-corrected chi connectivity index (χ4v) is 1.27. The van der Waals surface area contributed by atoms with Gasteiger partial charge in [0, 0.05) is 13.2 Å². The number of nitrogens with zero attached hydrogens (tertiary/aromatic N) is 2. The average Bonchev–Trinajstić information content (AvgIpc) is 2.30. The molecule has 0 N–H and O–H groups in total. The Morgan fingerprint density at radius 1 is 1.58 bits per heavy atom. The van der Waals surface area contributed by atoms with Crippen molar-refractivity contribution in [2.24, 2.45) is 5.92 Å². The zero-order valence-corrected chi connectivity index (χ0v) is 7.95. The molecule has 1 rings (SSSR count). The largest absolute Gasteiger partial charge is 0.322 e. The first-order valence-corrected chi connectivity index (χ1v) is 4.21. The van der Waals surface area contributed by atoms with Crippen molar-refractivity contribution >= 4 is 5.91 Å². The summed E-state index contributed by atoms with van der Waals surface area (Å²) < 4.78 is 0. The van der Waals surface area contributed by atoms with Gasteiger partial charge < -0.3 is 9.80 Å². The first-order valence-electron chi connectivity index (χ1n) is 4.21. The quantitative estimate of drug-likeness (QED) is 0.614. The topological polar surface area (TPSA) is 23.6 Å². The predicted molar refractivity (Wildman–Crippen MR) is 48.6 cm³/mol. The molecule has 0 saturated carbocycles. The molecule has 0 radical (unpaired) electrons. The molecular weight excluding hydrogens is 152 g/mol. The van der Waals surface area contributed by atoms with Crippen molar-refractivity contribution in [3.63, 3.8) is 0 Å². The Kier molecular flexibility index (Phi) is 2.87. The van der Waals surface area contributed by atoms with Crippen LogP contribution < -0.4 is 0 Å². The lowest BCUT2D eigenvalue weighted by Gasteiger charge is -2.13. The molecule has 0 aromatic carbocycles. The van der Waals surface area contributed by atoms with Gasteiger partial charge in [0.1, 0.15) is 0 Å². The second-order valence-electron chi connectivity index (χ2n) is 3.49. The summed E-state index contributed by atoms with van der Waals surface area (Å²) in [6.07, 6.45) is 4.75. The van der Waals surface area contributed by atoms with Crippen LogP contribution in [0.3, 0.4) is 0 Å². The van der Waals surface area contributed by atoms with Crippen molar-refractivity contribution in [3.05, 3.63) is 12.3 Å². The molecule has 1 aliphatic heterocycles. The minimum Gasteiger partial charge on any atom is -0.322 e. The van der Waals surface area contributed by atoms with Crippen LogP contribution in [0, 0.1) is 5.92 Å². The molecule has 1 amide bonds. The molecule has 0 saturated heterocycles. The van der Waals surface area contributed by atoms with Crippen LogP contribution in [0.5, 0.6) is 0 Å². The standard InChI is InChI=1S/C9H16N2O/c1-10(2)6-4-8-5-7-11(3)9(8)12/h5,7-8H,4,6H2,1-3H3. The lowest BCUT2D eigenvalue weighted by Crippen LogP contribution is -2.25. The monoisotopic (exact) mass is 168 g/mol. The van der Waals surface area contributed by atoms with Gasteiger partial charge in [0.05, 0.1) is 5.92 Å². The van der Waals surface area contributed by atoms with Gasteiger partial charge in [0.2, 0.25) is 5.91 Å². The van der Waals surface area contributed by atoms with Gasteiger partial charge in [-0.25, -0.2) is 0 Å². The van der Waals surface area contributed by atoms with E-state index in [0.717, 1.165) is 13.0 Å². The fourth-order valence-electron chi connectivity index (χ4n) is 1.27. The molecule has 3 nitrogen and oxygen atoms in total. The normalized spacial score (nSPS) is 22.8. The molecule has 0 fully saturated rings. The molecule has 0 spiro atoms. The van der Waals surface area contributed by atoms with Crippen LogP contribution >= 0.6 is 0 Å². The molecule has 0 aromatic rings. The first-order chi connectivity index (χ1) is 5.61. The number of rotatable bonds is 3. The second kappa shape index (κ2) is 3.72. The van der Waals surface area contributed by atoms with Crippen LogP contribution in [0.4, 0.5) is 0 Å². The first kappa shape index (κ1) is 9.26. The zero-order chi connectivity index (χ0) is 9.14. The number of hydrogen-bond acceptors (Lipinski definition) is 2. The highest BCUT2D eigenvalue weighted by molar-refractivity contribution is 5.83. The van der Waals surface area contributed by atoms with E-state index < -0.39 is 0 Å². The maximum atomic E-state index is 11.4. The number of carbonyl (C=O) groups excluding carboxylic acids is 1. The third-order valence-corrected chi connectivity index (χ3v) is 2.09. The molecule has 12 heavy (non-hydrogen) atoms. The van der Waals surface area contributed by atoms with Crippen molar-refractivity contribution < 1.29 is 4.79 Å². The maximum absolute atomic E-state index is 11.4. The van der Waals surface area contributed by atoms with Gasteiger partial charge in [-0.2, -0.15) is 0 Å². The predicted octanol–water partition coefficient (Wildman–Crippen LogP) is 0.540. The van der Waals surface area contributed by atoms with Crippen molar-refractivity contribution in [1.29, 1.82) is 0 Å². The van der Waals surface area contributed by atoms with Crippen LogP contribution in [-0.2, 0) is 4.79 Å². The molecule has 0 aromatic heterocycles. The maximum Gasteiger partial charge on any atom is 0.233 e. The van der Waals surface area contributed by atoms with E-state index in [2.05, 4.69) is 4.90 Å². The van der Waals surface area contributed by atoms with Crippen molar-refractivity contribution in [3.8, 4) is 0 Å². The summed E-state index contributed by atoms with van der Waals surface area (Å²) in [4.78, 5) is 15.1. The summed E-state index contributed by atoms with van der Waals surface area (Å²) in [5.74, 6) is 0.328. The molecule has 0 aliphatic carbocycles. The average molecular weight is 168 g/mol. The number of amides is 1. The van der Waals surface area contributed by atoms with Crippen molar-refractivity contribution in [2.45, 2.75) is 6.42 Å². The van der Waals surface area contributed by atoms with Gasteiger partial charge in [-0.05, 0) is 27.1 Å². The highest BCUT2D eigenvalue weighted by Gasteiger charge is 2.23. The Morgan fingerprint density at radius 3 is 2.67 bits per heavy atom. The summed E-state index contributed by atoms with van der Waals surface area (Å²) in [7, 11) is 5.84. The van der Waals surface area contributed by atoms with Gasteiger partial charge in [-0.3, -0.25) is 4.79 Å². The van der Waals surface area contributed by atoms with Crippen molar-refractivity contribution in [1.82, 2.24) is 9.80 Å². The lowest BCUT2D eigenvalue weighted by atomic mass is 10.1. The zero-order valence-electron chi connectivity index (χ0n) is 7.95. The Bertz CT molecular complexity index is 199. The van der Waals surface area contributed by atoms with Gasteiger partial charge >= 0.3 is 0 Å². The van der Waals surface area contributed by atoms with Crippen LogP contribution in [0.2, 0.25) is 0 Å². The summed E-state index contributed by atoms with van der Waals surface area (Å²) in [5.41, 5.74) is 0. The summed E-state index contributed by atoms with van der Waals surface area (Å²) >= 11 is 0. The lowest BCUT2D eigenvalue weighted by molar-refractivity contribution is -0.129. The third kappa shape index (κ3) is 2.08. The van der Waals surface area contributed by atoms with E-state index in [9.17, 15) is 4.79 Å². The van der Waals surface area contributed by atoms with Crippen LogP contribution in [0.15, 0.2) is 12.3 Å². The van der Waals surface area contributed by atoms with Crippen LogP contribution in [0.25, 0.3) is 0 Å². The summed E-state index contributed by atoms with van der Waals surface area (Å²) in [5, 5.41) is 0. The van der Waals surface area contributed by atoms with Gasteiger partial charge in [0.25, 0.3) is 0 Å². The molecule has 1 unspecified atom stereocenters. The van der Waals surface area contributed by atoms with Gasteiger partial charge in [-0.1, -0.05) is 6.08 Å². The van der Waals surface area contributed by atoms with E-state index in [4.69, 9.17) is 0 Å². The van der Waals surface area contributed by atoms with E-state index in [-0.39, 0.29) is 11.8 Å². The smallest absolute Gasteiger partial charge is 0.233 e. The van der Waals surface area contributed by atoms with Crippen molar-refractivity contribution in [2.75, 3.05) is 27.7 Å². The van der Waals surface area contributed by atoms with Crippen LogP contribution in [-0.4, -0.2) is 43.4 Å². The number of carbonyl (C=O) groups is 1. The summed E-state index contributed by atoms with van der Waals surface area (Å²) in [6, 6.07) is 0. The van der Waals surface area contributed by atoms with E-state index >= 15 is 0 Å². The minimum absolute atomic E-state index is 0.109. The fraction of sp³-hybridized carbons (Fsp3) is 0.667. The molecule has 1 atom stereocenters. The van der Waals surface area contributed by atoms with E-state index in [1.807, 2.05) is 26.4 Å². The van der Waals surface area contributed by atoms with Gasteiger partial charge in [0.15, 0.2) is 0 Å². The molecular formula is C9H16N2O. The Hall–Kier alpha value is -0.830.